The quantitative estimate of drug-likeness (QED) is 0.855. The largest absolute Gasteiger partial charge is 0.332 e. The van der Waals surface area contributed by atoms with Crippen molar-refractivity contribution < 1.29 is 0 Å². The molecule has 0 bridgehead atoms. The fraction of sp³-hybridized carbons (Fsp3) is 0.500. The van der Waals surface area contributed by atoms with Gasteiger partial charge in [-0.1, -0.05) is 39.8 Å². The lowest BCUT2D eigenvalue weighted by Gasteiger charge is -2.09. The van der Waals surface area contributed by atoms with Crippen molar-refractivity contribution in [2.75, 3.05) is 0 Å². The number of benzene rings is 1. The minimum atomic E-state index is 0.0165. The predicted octanol–water partition coefficient (Wildman–Crippen LogP) is 3.74. The summed E-state index contributed by atoms with van der Waals surface area (Å²) >= 11 is 5.37. The summed E-state index contributed by atoms with van der Waals surface area (Å²) in [7, 11) is 0. The third kappa shape index (κ3) is 1.71. The molecule has 0 unspecified atom stereocenters. The molecule has 1 fully saturated rings. The number of nitrogens with zero attached hydrogens (tertiary/aromatic N) is 1. The van der Waals surface area contributed by atoms with E-state index >= 15 is 0 Å². The van der Waals surface area contributed by atoms with Crippen molar-refractivity contribution in [3.8, 4) is 0 Å². The highest BCUT2D eigenvalue weighted by atomic mass is 32.1. The van der Waals surface area contributed by atoms with Crippen LogP contribution in [0.3, 0.4) is 0 Å². The van der Waals surface area contributed by atoms with Gasteiger partial charge in [0.15, 0.2) is 4.77 Å². The number of rotatable bonds is 2. The number of nitrogens with one attached hydrogen (secondary N) is 1. The van der Waals surface area contributed by atoms with Gasteiger partial charge in [0, 0.05) is 6.54 Å². The molecule has 0 aliphatic heterocycles. The minimum absolute atomic E-state index is 0.0165. The van der Waals surface area contributed by atoms with Crippen molar-refractivity contribution in [1.29, 1.82) is 0 Å². The van der Waals surface area contributed by atoms with Crippen LogP contribution in [-0.2, 0) is 6.54 Å². The first-order chi connectivity index (χ1) is 9.26. The van der Waals surface area contributed by atoms with Gasteiger partial charge in [0.2, 0.25) is 0 Å². The molecular formula is C16H20N2OS. The lowest BCUT2D eigenvalue weighted by molar-refractivity contribution is 0.457. The third-order valence-corrected chi connectivity index (χ3v) is 5.90. The molecule has 3 rings (SSSR count). The van der Waals surface area contributed by atoms with Crippen LogP contribution in [0.15, 0.2) is 29.1 Å². The van der Waals surface area contributed by atoms with Gasteiger partial charge in [0.25, 0.3) is 5.56 Å². The maximum Gasteiger partial charge on any atom is 0.262 e. The molecule has 4 heteroatoms. The Bertz CT molecular complexity index is 784. The number of aromatic nitrogens is 2. The van der Waals surface area contributed by atoms with E-state index in [0.29, 0.717) is 22.6 Å². The molecule has 20 heavy (non-hydrogen) atoms. The maximum absolute atomic E-state index is 12.6. The lowest BCUT2D eigenvalue weighted by atomic mass is 10.0. The molecule has 1 saturated carbocycles. The average molecular weight is 288 g/mol. The van der Waals surface area contributed by atoms with Crippen LogP contribution in [0.5, 0.6) is 0 Å². The van der Waals surface area contributed by atoms with Crippen molar-refractivity contribution >= 4 is 23.1 Å². The Morgan fingerprint density at radius 2 is 1.80 bits per heavy atom. The fourth-order valence-corrected chi connectivity index (χ4v) is 3.60. The van der Waals surface area contributed by atoms with E-state index in [4.69, 9.17) is 12.2 Å². The van der Waals surface area contributed by atoms with Crippen LogP contribution in [-0.4, -0.2) is 9.55 Å². The number of hydrogen-bond acceptors (Lipinski definition) is 2. The summed E-state index contributed by atoms with van der Waals surface area (Å²) in [5.74, 6) is 0.476. The van der Waals surface area contributed by atoms with Crippen LogP contribution < -0.4 is 5.56 Å². The first-order valence-corrected chi connectivity index (χ1v) is 7.39. The Kier molecular flexibility index (Phi) is 2.74. The van der Waals surface area contributed by atoms with Gasteiger partial charge in [-0.2, -0.15) is 0 Å². The zero-order chi connectivity index (χ0) is 14.7. The number of para-hydroxylation sites is 1. The third-order valence-electron chi connectivity index (χ3n) is 5.57. The van der Waals surface area contributed by atoms with E-state index in [9.17, 15) is 4.79 Å². The van der Waals surface area contributed by atoms with Gasteiger partial charge in [0.05, 0.1) is 10.9 Å². The van der Waals surface area contributed by atoms with Crippen LogP contribution in [0.1, 0.15) is 27.7 Å². The van der Waals surface area contributed by atoms with Crippen molar-refractivity contribution in [3.63, 3.8) is 0 Å². The molecule has 106 valence electrons. The maximum atomic E-state index is 12.6. The molecule has 0 radical (unpaired) electrons. The topological polar surface area (TPSA) is 37.8 Å². The molecule has 3 nitrogen and oxygen atoms in total. The molecule has 2 aromatic rings. The van der Waals surface area contributed by atoms with Crippen LogP contribution in [0.2, 0.25) is 0 Å². The molecule has 0 atom stereocenters. The summed E-state index contributed by atoms with van der Waals surface area (Å²) in [6.07, 6.45) is 0. The van der Waals surface area contributed by atoms with E-state index in [-0.39, 0.29) is 16.4 Å². The van der Waals surface area contributed by atoms with Crippen molar-refractivity contribution in [1.82, 2.24) is 9.55 Å². The average Bonchev–Trinajstić information content (AvgIpc) is 2.76. The second kappa shape index (κ2) is 4.04. The Hall–Kier alpha value is -1.42. The molecule has 0 spiro atoms. The minimum Gasteiger partial charge on any atom is -0.332 e. The highest BCUT2D eigenvalue weighted by Crippen LogP contribution is 2.68. The molecule has 1 heterocycles. The molecule has 0 saturated heterocycles. The molecule has 0 amide bonds. The Labute approximate surface area is 123 Å². The van der Waals surface area contributed by atoms with E-state index in [0.717, 1.165) is 5.52 Å². The van der Waals surface area contributed by atoms with Gasteiger partial charge in [-0.3, -0.25) is 9.36 Å². The van der Waals surface area contributed by atoms with E-state index in [1.54, 1.807) is 4.57 Å². The highest BCUT2D eigenvalue weighted by Gasteiger charge is 2.64. The van der Waals surface area contributed by atoms with Crippen LogP contribution in [0, 0.1) is 21.5 Å². The normalized spacial score (nSPS) is 20.2. The molecule has 1 N–H and O–H groups in total. The van der Waals surface area contributed by atoms with Gasteiger partial charge < -0.3 is 4.98 Å². The fourth-order valence-electron chi connectivity index (χ4n) is 3.34. The molecule has 1 aromatic carbocycles. The smallest absolute Gasteiger partial charge is 0.262 e. The predicted molar refractivity (Wildman–Crippen MR) is 84.4 cm³/mol. The summed E-state index contributed by atoms with van der Waals surface area (Å²) in [6, 6.07) is 7.53. The van der Waals surface area contributed by atoms with E-state index in [1.165, 1.54) is 0 Å². The first-order valence-electron chi connectivity index (χ1n) is 6.98. The lowest BCUT2D eigenvalue weighted by Crippen LogP contribution is -2.24. The van der Waals surface area contributed by atoms with Crippen molar-refractivity contribution in [2.24, 2.45) is 16.7 Å². The van der Waals surface area contributed by atoms with E-state index in [2.05, 4.69) is 32.7 Å². The SMILES string of the molecule is CC1(C)C(Cn2c(=S)[nH]c3ccccc3c2=O)C1(C)C. The van der Waals surface area contributed by atoms with Gasteiger partial charge in [0.1, 0.15) is 0 Å². The summed E-state index contributed by atoms with van der Waals surface area (Å²) in [6.45, 7) is 9.74. The number of aromatic amines is 1. The second-order valence-electron chi connectivity index (χ2n) is 6.89. The summed E-state index contributed by atoms with van der Waals surface area (Å²) in [5.41, 5.74) is 1.33. The molecular weight excluding hydrogens is 268 g/mol. The molecule has 1 aromatic heterocycles. The Balaban J connectivity index is 2.10. The monoisotopic (exact) mass is 288 g/mol. The van der Waals surface area contributed by atoms with Gasteiger partial charge in [-0.25, -0.2) is 0 Å². The Morgan fingerprint density at radius 1 is 1.20 bits per heavy atom. The van der Waals surface area contributed by atoms with Crippen LogP contribution in [0.4, 0.5) is 0 Å². The molecule has 1 aliphatic carbocycles. The van der Waals surface area contributed by atoms with Crippen LogP contribution in [0.25, 0.3) is 10.9 Å². The van der Waals surface area contributed by atoms with Gasteiger partial charge >= 0.3 is 0 Å². The summed E-state index contributed by atoms with van der Waals surface area (Å²) in [5, 5.41) is 0.706. The molecule has 1 aliphatic rings. The van der Waals surface area contributed by atoms with Crippen molar-refractivity contribution in [2.45, 2.75) is 34.2 Å². The van der Waals surface area contributed by atoms with Gasteiger partial charge in [-0.05, 0) is 41.1 Å². The first kappa shape index (κ1) is 13.6. The second-order valence-corrected chi connectivity index (χ2v) is 7.27. The van der Waals surface area contributed by atoms with Gasteiger partial charge in [-0.15, -0.1) is 0 Å². The Morgan fingerprint density at radius 3 is 2.40 bits per heavy atom. The van der Waals surface area contributed by atoms with E-state index < -0.39 is 0 Å². The number of H-pyrrole nitrogens is 1. The van der Waals surface area contributed by atoms with E-state index in [1.807, 2.05) is 24.3 Å². The number of hydrogen-bond donors (Lipinski definition) is 1. The highest BCUT2D eigenvalue weighted by molar-refractivity contribution is 7.71. The zero-order valence-electron chi connectivity index (χ0n) is 12.4. The standard InChI is InChI=1S/C16H20N2OS/c1-15(2)12(16(15,3)4)9-18-13(19)10-7-5-6-8-11(10)17-14(18)20/h5-8,12H,9H2,1-4H3,(H,17,20). The summed E-state index contributed by atoms with van der Waals surface area (Å²) in [4.78, 5) is 15.8. The summed E-state index contributed by atoms with van der Waals surface area (Å²) < 4.78 is 2.24. The van der Waals surface area contributed by atoms with Crippen LogP contribution >= 0.6 is 12.2 Å². The van der Waals surface area contributed by atoms with Crippen molar-refractivity contribution in [3.05, 3.63) is 39.4 Å². The number of fused-ring (bicyclic) bond motifs is 1. The zero-order valence-corrected chi connectivity index (χ0v) is 13.2.